The molecular formula is C7H14BN. The molecule has 0 amide bonds. The summed E-state index contributed by atoms with van der Waals surface area (Å²) >= 11 is 0. The lowest BCUT2D eigenvalue weighted by Crippen LogP contribution is -2.22. The molecule has 0 spiro atoms. The first-order valence-electron chi connectivity index (χ1n) is 3.80. The van der Waals surface area contributed by atoms with E-state index in [4.69, 9.17) is 13.6 Å². The van der Waals surface area contributed by atoms with Crippen LogP contribution in [0, 0.1) is 5.92 Å². The van der Waals surface area contributed by atoms with E-state index < -0.39 is 0 Å². The van der Waals surface area contributed by atoms with Crippen molar-refractivity contribution in [3.05, 3.63) is 0 Å². The third-order valence-corrected chi connectivity index (χ3v) is 2.08. The molecule has 1 rings (SSSR count). The standard InChI is InChI=1S/C7H14BN/c8-7(9)5-6-3-1-2-4-6/h6-7H,1-5,9H2/t7-/m1/s1. The monoisotopic (exact) mass is 123 g/mol. The Bertz CT molecular complexity index is 77.0. The number of hydrogen-bond acceptors (Lipinski definition) is 1. The van der Waals surface area contributed by atoms with Gasteiger partial charge in [0.1, 0.15) is 0 Å². The van der Waals surface area contributed by atoms with Crippen molar-refractivity contribution in [3.8, 4) is 0 Å². The SMILES string of the molecule is [B][C@H](N)CC1CCCC1. The van der Waals surface area contributed by atoms with E-state index in [1.54, 1.807) is 0 Å². The second kappa shape index (κ2) is 3.26. The lowest BCUT2D eigenvalue weighted by Gasteiger charge is -2.10. The van der Waals surface area contributed by atoms with Crippen molar-refractivity contribution in [2.75, 3.05) is 0 Å². The zero-order valence-electron chi connectivity index (χ0n) is 5.84. The van der Waals surface area contributed by atoms with E-state index in [-0.39, 0.29) is 5.94 Å². The summed E-state index contributed by atoms with van der Waals surface area (Å²) in [6.45, 7) is 0. The van der Waals surface area contributed by atoms with Gasteiger partial charge in [0.15, 0.2) is 0 Å². The average Bonchev–Trinajstić information content (AvgIpc) is 2.15. The van der Waals surface area contributed by atoms with E-state index in [1.165, 1.54) is 25.7 Å². The van der Waals surface area contributed by atoms with Crippen molar-refractivity contribution in [1.82, 2.24) is 0 Å². The van der Waals surface area contributed by atoms with Gasteiger partial charge in [-0.25, -0.2) is 0 Å². The van der Waals surface area contributed by atoms with Crippen LogP contribution in [0.15, 0.2) is 0 Å². The summed E-state index contributed by atoms with van der Waals surface area (Å²) in [6.07, 6.45) is 6.50. The van der Waals surface area contributed by atoms with Crippen LogP contribution in [0.2, 0.25) is 0 Å². The molecule has 2 radical (unpaired) electrons. The van der Waals surface area contributed by atoms with Gasteiger partial charge in [0.25, 0.3) is 0 Å². The molecule has 1 fully saturated rings. The highest BCUT2D eigenvalue weighted by atomic mass is 14.6. The molecule has 2 N–H and O–H groups in total. The van der Waals surface area contributed by atoms with E-state index in [1.807, 2.05) is 0 Å². The lowest BCUT2D eigenvalue weighted by atomic mass is 9.87. The Morgan fingerprint density at radius 3 is 2.44 bits per heavy atom. The molecular weight excluding hydrogens is 109 g/mol. The maximum absolute atomic E-state index is 5.45. The summed E-state index contributed by atoms with van der Waals surface area (Å²) in [6, 6.07) is 0. The van der Waals surface area contributed by atoms with Gasteiger partial charge in [0.2, 0.25) is 0 Å². The quantitative estimate of drug-likeness (QED) is 0.545. The molecule has 1 atom stereocenters. The van der Waals surface area contributed by atoms with Gasteiger partial charge in [-0.1, -0.05) is 25.7 Å². The first-order valence-corrected chi connectivity index (χ1v) is 3.80. The van der Waals surface area contributed by atoms with Gasteiger partial charge < -0.3 is 5.73 Å². The Hall–Kier alpha value is 0.0249. The Morgan fingerprint density at radius 1 is 1.44 bits per heavy atom. The van der Waals surface area contributed by atoms with Gasteiger partial charge in [0.05, 0.1) is 7.85 Å². The van der Waals surface area contributed by atoms with Crippen molar-refractivity contribution in [2.24, 2.45) is 11.7 Å². The highest BCUT2D eigenvalue weighted by molar-refractivity contribution is 6.11. The molecule has 2 heteroatoms. The molecule has 0 unspecified atom stereocenters. The number of rotatable bonds is 2. The van der Waals surface area contributed by atoms with Crippen LogP contribution in [0.3, 0.4) is 0 Å². The molecule has 50 valence electrons. The Morgan fingerprint density at radius 2 is 2.00 bits per heavy atom. The van der Waals surface area contributed by atoms with Gasteiger partial charge in [-0.2, -0.15) is 0 Å². The molecule has 0 aromatic heterocycles. The second-order valence-electron chi connectivity index (χ2n) is 3.05. The summed E-state index contributed by atoms with van der Waals surface area (Å²) in [5.41, 5.74) is 5.45. The predicted octanol–water partition coefficient (Wildman–Crippen LogP) is 1.02. The molecule has 0 bridgehead atoms. The van der Waals surface area contributed by atoms with E-state index in [2.05, 4.69) is 0 Å². The fourth-order valence-electron chi connectivity index (χ4n) is 1.63. The third kappa shape index (κ3) is 2.40. The van der Waals surface area contributed by atoms with Crippen molar-refractivity contribution in [1.29, 1.82) is 0 Å². The van der Waals surface area contributed by atoms with Gasteiger partial charge in [-0.3, -0.25) is 0 Å². The first-order chi connectivity index (χ1) is 4.29. The molecule has 1 aliphatic rings. The maximum atomic E-state index is 5.45. The third-order valence-electron chi connectivity index (χ3n) is 2.08. The van der Waals surface area contributed by atoms with Gasteiger partial charge >= 0.3 is 0 Å². The summed E-state index contributed by atoms with van der Waals surface area (Å²) in [5.74, 6) is 0.762. The Balaban J connectivity index is 2.11. The summed E-state index contributed by atoms with van der Waals surface area (Å²) < 4.78 is 0. The van der Waals surface area contributed by atoms with E-state index in [0.717, 1.165) is 12.3 Å². The summed E-state index contributed by atoms with van der Waals surface area (Å²) in [7, 11) is 5.45. The van der Waals surface area contributed by atoms with Crippen LogP contribution in [0.25, 0.3) is 0 Å². The number of nitrogens with two attached hydrogens (primary N) is 1. The maximum Gasteiger partial charge on any atom is 0.0903 e. The van der Waals surface area contributed by atoms with Crippen LogP contribution in [0.5, 0.6) is 0 Å². The fraction of sp³-hybridized carbons (Fsp3) is 1.00. The Kier molecular flexibility index (Phi) is 2.58. The van der Waals surface area contributed by atoms with Crippen LogP contribution < -0.4 is 5.73 Å². The van der Waals surface area contributed by atoms with E-state index in [9.17, 15) is 0 Å². The second-order valence-corrected chi connectivity index (χ2v) is 3.05. The zero-order valence-corrected chi connectivity index (χ0v) is 5.84. The zero-order chi connectivity index (χ0) is 6.69. The highest BCUT2D eigenvalue weighted by Crippen LogP contribution is 2.27. The molecule has 0 heterocycles. The summed E-state index contributed by atoms with van der Waals surface area (Å²) in [5, 5.41) is 0. The van der Waals surface area contributed by atoms with Crippen molar-refractivity contribution >= 4 is 7.85 Å². The molecule has 0 aromatic carbocycles. The highest BCUT2D eigenvalue weighted by Gasteiger charge is 2.15. The van der Waals surface area contributed by atoms with Gasteiger partial charge in [-0.05, 0) is 18.3 Å². The topological polar surface area (TPSA) is 26.0 Å². The van der Waals surface area contributed by atoms with Crippen molar-refractivity contribution in [3.63, 3.8) is 0 Å². The van der Waals surface area contributed by atoms with Gasteiger partial charge in [0, 0.05) is 0 Å². The molecule has 1 aliphatic carbocycles. The summed E-state index contributed by atoms with van der Waals surface area (Å²) in [4.78, 5) is 0. The van der Waals surface area contributed by atoms with Crippen LogP contribution >= 0.6 is 0 Å². The minimum absolute atomic E-state index is 0.0758. The average molecular weight is 123 g/mol. The van der Waals surface area contributed by atoms with Crippen LogP contribution in [-0.4, -0.2) is 13.8 Å². The van der Waals surface area contributed by atoms with Gasteiger partial charge in [-0.15, -0.1) is 0 Å². The largest absolute Gasteiger partial charge is 0.336 e. The van der Waals surface area contributed by atoms with Crippen LogP contribution in [0.4, 0.5) is 0 Å². The Labute approximate surface area is 58.4 Å². The van der Waals surface area contributed by atoms with Crippen LogP contribution in [0.1, 0.15) is 32.1 Å². The van der Waals surface area contributed by atoms with Crippen LogP contribution in [-0.2, 0) is 0 Å². The lowest BCUT2D eigenvalue weighted by molar-refractivity contribution is 0.494. The van der Waals surface area contributed by atoms with Crippen molar-refractivity contribution < 1.29 is 0 Å². The molecule has 0 aliphatic heterocycles. The predicted molar refractivity (Wildman–Crippen MR) is 40.3 cm³/mol. The molecule has 9 heavy (non-hydrogen) atoms. The minimum Gasteiger partial charge on any atom is -0.336 e. The molecule has 0 aromatic rings. The van der Waals surface area contributed by atoms with E-state index in [0.29, 0.717) is 0 Å². The number of hydrogen-bond donors (Lipinski definition) is 1. The molecule has 1 nitrogen and oxygen atoms in total. The minimum atomic E-state index is -0.0758. The molecule has 1 saturated carbocycles. The normalized spacial score (nSPS) is 24.6. The van der Waals surface area contributed by atoms with E-state index >= 15 is 0 Å². The van der Waals surface area contributed by atoms with Crippen molar-refractivity contribution in [2.45, 2.75) is 38.0 Å². The fourth-order valence-corrected chi connectivity index (χ4v) is 1.63. The smallest absolute Gasteiger partial charge is 0.0903 e. The molecule has 0 saturated heterocycles. The first kappa shape index (κ1) is 7.14.